The summed E-state index contributed by atoms with van der Waals surface area (Å²) in [6, 6.07) is 0. The molecule has 2 rings (SSSR count). The molecular weight excluding hydrogens is 418 g/mol. The molecule has 2 aliphatic rings. The largest absolute Gasteiger partial charge is 0.496 e. The van der Waals surface area contributed by atoms with Crippen molar-refractivity contribution in [3.63, 3.8) is 0 Å². The fourth-order valence-electron chi connectivity index (χ4n) is 3.37. The summed E-state index contributed by atoms with van der Waals surface area (Å²) in [4.78, 5) is 24.1. The third kappa shape index (κ3) is 8.84. The number of hydrogen-bond donors (Lipinski definition) is 1. The van der Waals surface area contributed by atoms with Gasteiger partial charge in [-0.25, -0.2) is 0 Å². The highest BCUT2D eigenvalue weighted by atomic mass is 16.6. The predicted octanol–water partition coefficient (Wildman–Crippen LogP) is 1.39. The van der Waals surface area contributed by atoms with E-state index in [4.69, 9.17) is 28.4 Å². The second kappa shape index (κ2) is 14.9. The zero-order valence-electron chi connectivity index (χ0n) is 18.8. The Morgan fingerprint density at radius 3 is 1.88 bits per heavy atom. The molecule has 0 saturated carbocycles. The van der Waals surface area contributed by atoms with Crippen molar-refractivity contribution >= 4 is 11.8 Å². The monoisotopic (exact) mass is 453 g/mol. The van der Waals surface area contributed by atoms with Gasteiger partial charge in [0.2, 0.25) is 11.8 Å². The van der Waals surface area contributed by atoms with Gasteiger partial charge in [-0.3, -0.25) is 14.9 Å². The summed E-state index contributed by atoms with van der Waals surface area (Å²) in [5.74, 6) is -0.272. The third-order valence-corrected chi connectivity index (χ3v) is 5.03. The molecule has 1 N–H and O–H groups in total. The number of ether oxygens (including phenoxy) is 6. The molecule has 180 valence electrons. The smallest absolute Gasteiger partial charge is 0.237 e. The van der Waals surface area contributed by atoms with E-state index in [1.165, 1.54) is 0 Å². The van der Waals surface area contributed by atoms with Gasteiger partial charge >= 0.3 is 0 Å². The van der Waals surface area contributed by atoms with Crippen LogP contribution in [0.3, 0.4) is 0 Å². The summed E-state index contributed by atoms with van der Waals surface area (Å²) < 4.78 is 32.4. The first kappa shape index (κ1) is 26.2. The molecule has 2 atom stereocenters. The number of nitrogens with one attached hydrogen (secondary N) is 1. The Labute approximate surface area is 189 Å². The molecule has 1 aliphatic carbocycles. The Balaban J connectivity index is 1.35. The lowest BCUT2D eigenvalue weighted by Gasteiger charge is -2.28. The number of carbonyl (C=O) groups excluding carboxylic acids is 2. The summed E-state index contributed by atoms with van der Waals surface area (Å²) in [5.41, 5.74) is -0.826. The number of amides is 2. The first-order valence-electron chi connectivity index (χ1n) is 10.9. The molecule has 1 fully saturated rings. The second-order valence-corrected chi connectivity index (χ2v) is 7.44. The van der Waals surface area contributed by atoms with Gasteiger partial charge in [0.15, 0.2) is 0 Å². The van der Waals surface area contributed by atoms with Gasteiger partial charge in [0, 0.05) is 6.61 Å². The Kier molecular flexibility index (Phi) is 12.2. The van der Waals surface area contributed by atoms with Crippen molar-refractivity contribution in [3.8, 4) is 0 Å². The highest BCUT2D eigenvalue weighted by molar-refractivity contribution is 6.09. The van der Waals surface area contributed by atoms with Gasteiger partial charge in [0.25, 0.3) is 0 Å². The highest BCUT2D eigenvalue weighted by Crippen LogP contribution is 2.41. The molecule has 2 unspecified atom stereocenters. The molecule has 0 aromatic rings. The summed E-state index contributed by atoms with van der Waals surface area (Å²) in [6.07, 6.45) is 7.61. The van der Waals surface area contributed by atoms with Crippen molar-refractivity contribution in [2.45, 2.75) is 13.3 Å². The van der Waals surface area contributed by atoms with Crippen LogP contribution in [0.15, 0.2) is 36.6 Å². The minimum absolute atomic E-state index is 0.248. The van der Waals surface area contributed by atoms with E-state index in [1.807, 2.05) is 0 Å². The SMILES string of the molecule is C=C(C)OCCOCCOCCOCCOCCOCCC12C=CC=CC1C(=O)NC2=O. The van der Waals surface area contributed by atoms with Crippen molar-refractivity contribution in [1.29, 1.82) is 0 Å². The van der Waals surface area contributed by atoms with E-state index >= 15 is 0 Å². The molecule has 0 spiro atoms. The standard InChI is InChI=1S/C23H35NO8/c1-19(2)32-18-17-31-16-15-30-14-13-29-12-11-28-10-9-27-8-7-23-6-4-3-5-20(23)21(25)24-22(23)26/h3-6,20H,1,7-18H2,2H3,(H,24,25,26). The van der Waals surface area contributed by atoms with E-state index in [1.54, 1.807) is 31.2 Å². The maximum Gasteiger partial charge on any atom is 0.237 e. The number of fused-ring (bicyclic) bond motifs is 1. The number of imide groups is 1. The molecule has 9 heteroatoms. The van der Waals surface area contributed by atoms with Gasteiger partial charge in [-0.05, 0) is 13.3 Å². The van der Waals surface area contributed by atoms with Crippen LogP contribution in [0, 0.1) is 11.3 Å². The molecule has 0 bridgehead atoms. The molecule has 2 amide bonds. The number of allylic oxidation sites excluding steroid dienone is 3. The Morgan fingerprint density at radius 1 is 0.844 bits per heavy atom. The van der Waals surface area contributed by atoms with E-state index in [0.717, 1.165) is 0 Å². The molecule has 1 heterocycles. The molecule has 32 heavy (non-hydrogen) atoms. The second-order valence-electron chi connectivity index (χ2n) is 7.44. The van der Waals surface area contributed by atoms with Crippen LogP contribution >= 0.6 is 0 Å². The molecular formula is C23H35NO8. The van der Waals surface area contributed by atoms with Crippen molar-refractivity contribution < 1.29 is 38.0 Å². The van der Waals surface area contributed by atoms with E-state index in [0.29, 0.717) is 84.9 Å². The maximum atomic E-state index is 12.2. The lowest BCUT2D eigenvalue weighted by molar-refractivity contribution is -0.127. The van der Waals surface area contributed by atoms with Gasteiger partial charge in [-0.2, -0.15) is 0 Å². The molecule has 0 aromatic heterocycles. The molecule has 0 aromatic carbocycles. The normalized spacial score (nSPS) is 21.6. The third-order valence-electron chi connectivity index (χ3n) is 5.03. The first-order valence-corrected chi connectivity index (χ1v) is 10.9. The van der Waals surface area contributed by atoms with Crippen LogP contribution in [0.2, 0.25) is 0 Å². The first-order chi connectivity index (χ1) is 15.6. The molecule has 1 saturated heterocycles. The predicted molar refractivity (Wildman–Crippen MR) is 117 cm³/mol. The molecule has 0 radical (unpaired) electrons. The van der Waals surface area contributed by atoms with Gasteiger partial charge in [0.05, 0.1) is 76.6 Å². The van der Waals surface area contributed by atoms with Crippen LogP contribution in [-0.4, -0.2) is 84.5 Å². The lowest BCUT2D eigenvalue weighted by atomic mass is 9.72. The fraction of sp³-hybridized carbons (Fsp3) is 0.652. The summed E-state index contributed by atoms with van der Waals surface area (Å²) in [7, 11) is 0. The topological polar surface area (TPSA) is 102 Å². The fourth-order valence-corrected chi connectivity index (χ4v) is 3.37. The van der Waals surface area contributed by atoms with Crippen LogP contribution in [0.1, 0.15) is 13.3 Å². The molecule has 1 aliphatic heterocycles. The average molecular weight is 454 g/mol. The van der Waals surface area contributed by atoms with Crippen molar-refractivity contribution in [1.82, 2.24) is 5.32 Å². The van der Waals surface area contributed by atoms with Gasteiger partial charge in [-0.15, -0.1) is 0 Å². The van der Waals surface area contributed by atoms with Crippen molar-refractivity contribution in [2.75, 3.05) is 72.7 Å². The van der Waals surface area contributed by atoms with E-state index in [-0.39, 0.29) is 11.8 Å². The zero-order valence-corrected chi connectivity index (χ0v) is 18.8. The number of carbonyl (C=O) groups is 2. The molecule has 9 nitrogen and oxygen atoms in total. The lowest BCUT2D eigenvalue weighted by Crippen LogP contribution is -2.35. The summed E-state index contributed by atoms with van der Waals surface area (Å²) >= 11 is 0. The van der Waals surface area contributed by atoms with E-state index in [9.17, 15) is 9.59 Å². The van der Waals surface area contributed by atoms with Crippen molar-refractivity contribution in [3.05, 3.63) is 36.6 Å². The number of rotatable bonds is 19. The van der Waals surface area contributed by atoms with Gasteiger partial charge in [0.1, 0.15) is 6.61 Å². The minimum atomic E-state index is -0.826. The van der Waals surface area contributed by atoms with Crippen LogP contribution < -0.4 is 5.32 Å². The Morgan fingerprint density at radius 2 is 1.34 bits per heavy atom. The van der Waals surface area contributed by atoms with Crippen LogP contribution in [0.4, 0.5) is 0 Å². The summed E-state index contributed by atoms with van der Waals surface area (Å²) in [6.45, 7) is 10.6. The average Bonchev–Trinajstić information content (AvgIpc) is 3.02. The quantitative estimate of drug-likeness (QED) is 0.178. The highest BCUT2D eigenvalue weighted by Gasteiger charge is 2.52. The van der Waals surface area contributed by atoms with Crippen LogP contribution in [0.25, 0.3) is 0 Å². The van der Waals surface area contributed by atoms with E-state index < -0.39 is 11.3 Å². The Bertz CT molecular complexity index is 662. The minimum Gasteiger partial charge on any atom is -0.496 e. The van der Waals surface area contributed by atoms with E-state index in [2.05, 4.69) is 11.9 Å². The zero-order chi connectivity index (χ0) is 23.1. The van der Waals surface area contributed by atoms with Crippen molar-refractivity contribution in [2.24, 2.45) is 11.3 Å². The maximum absolute atomic E-state index is 12.2. The van der Waals surface area contributed by atoms with Crippen LogP contribution in [-0.2, 0) is 38.0 Å². The summed E-state index contributed by atoms with van der Waals surface area (Å²) in [5, 5.41) is 2.41. The van der Waals surface area contributed by atoms with Crippen LogP contribution in [0.5, 0.6) is 0 Å². The van der Waals surface area contributed by atoms with Gasteiger partial charge in [-0.1, -0.05) is 30.9 Å². The van der Waals surface area contributed by atoms with Gasteiger partial charge < -0.3 is 28.4 Å². The Hall–Kier alpha value is -2.04. The number of hydrogen-bond acceptors (Lipinski definition) is 8.